The summed E-state index contributed by atoms with van der Waals surface area (Å²) < 4.78 is 1.47. The molecule has 3 aromatic rings. The van der Waals surface area contributed by atoms with Gasteiger partial charge in [-0.25, -0.2) is 4.79 Å². The number of carbonyl (C=O) groups excluding carboxylic acids is 3. The first-order valence-electron chi connectivity index (χ1n) is 10.7. The molecule has 1 aromatic heterocycles. The van der Waals surface area contributed by atoms with E-state index in [2.05, 4.69) is 10.3 Å². The Bertz CT molecular complexity index is 1360. The van der Waals surface area contributed by atoms with Crippen molar-refractivity contribution in [2.45, 2.75) is 32.4 Å². The summed E-state index contributed by atoms with van der Waals surface area (Å²) in [6.45, 7) is 3.37. The number of para-hydroxylation sites is 3. The lowest BCUT2D eigenvalue weighted by atomic mass is 9.98. The maximum absolute atomic E-state index is 13.4. The van der Waals surface area contributed by atoms with Crippen molar-refractivity contribution in [2.24, 2.45) is 0 Å². The average Bonchev–Trinajstić information content (AvgIpc) is 3.30. The third-order valence-electron chi connectivity index (χ3n) is 6.43. The third-order valence-corrected chi connectivity index (χ3v) is 6.43. The van der Waals surface area contributed by atoms with E-state index < -0.39 is 11.6 Å². The van der Waals surface area contributed by atoms with Gasteiger partial charge in [-0.1, -0.05) is 24.3 Å². The van der Waals surface area contributed by atoms with Gasteiger partial charge in [-0.2, -0.15) is 0 Å². The summed E-state index contributed by atoms with van der Waals surface area (Å²) >= 11 is 0. The summed E-state index contributed by atoms with van der Waals surface area (Å²) in [6.07, 6.45) is 2.33. The van der Waals surface area contributed by atoms with Crippen molar-refractivity contribution in [3.8, 4) is 5.69 Å². The average molecular weight is 445 g/mol. The highest BCUT2D eigenvalue weighted by atomic mass is 16.2. The zero-order chi connectivity index (χ0) is 23.3. The maximum Gasteiger partial charge on any atom is 0.330 e. The lowest BCUT2D eigenvalue weighted by Crippen LogP contribution is -2.63. The molecule has 0 radical (unpaired) electrons. The summed E-state index contributed by atoms with van der Waals surface area (Å²) in [5.41, 5.74) is 1.40. The van der Waals surface area contributed by atoms with Crippen LogP contribution in [0.1, 0.15) is 35.8 Å². The fourth-order valence-corrected chi connectivity index (χ4v) is 4.80. The highest BCUT2D eigenvalue weighted by molar-refractivity contribution is 6.11. The summed E-state index contributed by atoms with van der Waals surface area (Å²) in [5.74, 6) is -0.785. The Balaban J connectivity index is 1.46. The number of aryl methyl sites for hydroxylation is 1. The second kappa shape index (κ2) is 7.47. The van der Waals surface area contributed by atoms with Crippen LogP contribution >= 0.6 is 0 Å². The fourth-order valence-electron chi connectivity index (χ4n) is 4.80. The Morgan fingerprint density at radius 1 is 1.06 bits per heavy atom. The van der Waals surface area contributed by atoms with E-state index in [9.17, 15) is 19.2 Å². The van der Waals surface area contributed by atoms with Gasteiger partial charge in [0, 0.05) is 18.3 Å². The first kappa shape index (κ1) is 20.7. The monoisotopic (exact) mass is 445 g/mol. The van der Waals surface area contributed by atoms with Crippen LogP contribution in [-0.2, 0) is 9.59 Å². The van der Waals surface area contributed by atoms with E-state index >= 15 is 0 Å². The number of rotatable bonds is 4. The first-order valence-corrected chi connectivity index (χ1v) is 10.7. The number of hydrogen-bond acceptors (Lipinski definition) is 4. The number of H-pyrrole nitrogens is 1. The predicted molar refractivity (Wildman–Crippen MR) is 122 cm³/mol. The number of aromatic amines is 1. The van der Waals surface area contributed by atoms with Gasteiger partial charge in [-0.15, -0.1) is 0 Å². The van der Waals surface area contributed by atoms with Gasteiger partial charge < -0.3 is 15.2 Å². The lowest BCUT2D eigenvalue weighted by molar-refractivity contribution is -0.120. The normalized spacial score (nSPS) is 19.5. The van der Waals surface area contributed by atoms with Crippen LogP contribution < -0.4 is 15.9 Å². The van der Waals surface area contributed by atoms with E-state index in [1.165, 1.54) is 9.47 Å². The number of hydrogen-bond donors (Lipinski definition) is 2. The van der Waals surface area contributed by atoms with Gasteiger partial charge in [0.1, 0.15) is 12.2 Å². The van der Waals surface area contributed by atoms with Crippen molar-refractivity contribution >= 4 is 29.1 Å². The molecule has 3 heterocycles. The van der Waals surface area contributed by atoms with E-state index in [1.54, 1.807) is 66.6 Å². The number of imidazole rings is 1. The van der Waals surface area contributed by atoms with Gasteiger partial charge in [-0.3, -0.25) is 23.9 Å². The van der Waals surface area contributed by atoms with Gasteiger partial charge in [0.25, 0.3) is 5.91 Å². The summed E-state index contributed by atoms with van der Waals surface area (Å²) in [4.78, 5) is 57.2. The predicted octanol–water partition coefficient (Wildman–Crippen LogP) is 2.41. The van der Waals surface area contributed by atoms with Crippen molar-refractivity contribution < 1.29 is 14.4 Å². The summed E-state index contributed by atoms with van der Waals surface area (Å²) in [7, 11) is 0. The molecule has 2 aliphatic rings. The molecular formula is C24H23N5O4. The molecule has 5 rings (SSSR count). The van der Waals surface area contributed by atoms with Gasteiger partial charge >= 0.3 is 5.69 Å². The number of carbonyl (C=O) groups is 3. The van der Waals surface area contributed by atoms with Crippen molar-refractivity contribution in [2.75, 3.05) is 16.8 Å². The van der Waals surface area contributed by atoms with E-state index in [-0.39, 0.29) is 24.0 Å². The SMILES string of the molecule is Cc1c[nH]c(=O)n1-c1ccccc1NC(=O)CN1C(=O)c2ccccc2N2C(=O)CCC12C. The van der Waals surface area contributed by atoms with Crippen LogP contribution in [-0.4, -0.2) is 44.4 Å². The minimum absolute atomic E-state index is 0.0736. The molecule has 0 saturated carbocycles. The van der Waals surface area contributed by atoms with Crippen molar-refractivity contribution in [1.82, 2.24) is 14.5 Å². The number of amides is 3. The molecule has 1 unspecified atom stereocenters. The first-order chi connectivity index (χ1) is 15.8. The smallest absolute Gasteiger partial charge is 0.323 e. The fraction of sp³-hybridized carbons (Fsp3) is 0.250. The highest BCUT2D eigenvalue weighted by Gasteiger charge is 2.53. The number of fused-ring (bicyclic) bond motifs is 3. The minimum atomic E-state index is -0.923. The zero-order valence-corrected chi connectivity index (χ0v) is 18.3. The summed E-state index contributed by atoms with van der Waals surface area (Å²) in [6, 6.07) is 13.9. The summed E-state index contributed by atoms with van der Waals surface area (Å²) in [5, 5.41) is 2.84. The molecule has 2 aromatic carbocycles. The lowest BCUT2D eigenvalue weighted by Gasteiger charge is -2.48. The van der Waals surface area contributed by atoms with Crippen LogP contribution in [0.2, 0.25) is 0 Å². The Hall–Kier alpha value is -4.14. The highest BCUT2D eigenvalue weighted by Crippen LogP contribution is 2.43. The molecule has 33 heavy (non-hydrogen) atoms. The quantitative estimate of drug-likeness (QED) is 0.643. The van der Waals surface area contributed by atoms with E-state index in [0.29, 0.717) is 41.2 Å². The van der Waals surface area contributed by atoms with Crippen LogP contribution in [0, 0.1) is 6.92 Å². The van der Waals surface area contributed by atoms with E-state index in [0.717, 1.165) is 0 Å². The third kappa shape index (κ3) is 3.15. The Morgan fingerprint density at radius 2 is 1.76 bits per heavy atom. The van der Waals surface area contributed by atoms with E-state index in [4.69, 9.17) is 0 Å². The van der Waals surface area contributed by atoms with Crippen LogP contribution in [0.4, 0.5) is 11.4 Å². The molecule has 1 saturated heterocycles. The number of nitrogens with zero attached hydrogens (tertiary/aromatic N) is 3. The topological polar surface area (TPSA) is 108 Å². The van der Waals surface area contributed by atoms with Crippen LogP contribution in [0.25, 0.3) is 5.69 Å². The van der Waals surface area contributed by atoms with Gasteiger partial charge in [0.05, 0.1) is 22.6 Å². The second-order valence-electron chi connectivity index (χ2n) is 8.49. The van der Waals surface area contributed by atoms with Crippen LogP contribution in [0.3, 0.4) is 0 Å². The second-order valence-corrected chi connectivity index (χ2v) is 8.49. The molecule has 1 fully saturated rings. The van der Waals surface area contributed by atoms with E-state index in [1.807, 2.05) is 6.92 Å². The Labute approximate surface area is 189 Å². The number of aromatic nitrogens is 2. The van der Waals surface area contributed by atoms with Gasteiger partial charge in [0.15, 0.2) is 0 Å². The van der Waals surface area contributed by atoms with Crippen molar-refractivity contribution in [3.63, 3.8) is 0 Å². The molecular weight excluding hydrogens is 422 g/mol. The molecule has 0 bridgehead atoms. The molecule has 1 atom stereocenters. The van der Waals surface area contributed by atoms with Gasteiger partial charge in [-0.05, 0) is 44.5 Å². The van der Waals surface area contributed by atoms with Gasteiger partial charge in [0.2, 0.25) is 11.8 Å². The minimum Gasteiger partial charge on any atom is -0.323 e. The molecule has 168 valence electrons. The molecule has 9 heteroatoms. The molecule has 2 N–H and O–H groups in total. The van der Waals surface area contributed by atoms with Crippen LogP contribution in [0.5, 0.6) is 0 Å². The number of anilines is 2. The Morgan fingerprint density at radius 3 is 2.48 bits per heavy atom. The van der Waals surface area contributed by atoms with Crippen molar-refractivity contribution in [3.05, 3.63) is 76.5 Å². The largest absolute Gasteiger partial charge is 0.330 e. The Kier molecular flexibility index (Phi) is 4.70. The standard InChI is InChI=1S/C24H23N5O4/c1-15-13-25-23(33)28(15)19-10-6-4-8-17(19)26-20(30)14-27-22(32)16-7-3-5-9-18(16)29-21(31)11-12-24(27,29)2/h3-10,13H,11-12,14H2,1-2H3,(H,25,33)(H,26,30). The number of benzene rings is 2. The zero-order valence-electron chi connectivity index (χ0n) is 18.3. The molecule has 9 nitrogen and oxygen atoms in total. The maximum atomic E-state index is 13.4. The molecule has 0 spiro atoms. The molecule has 2 aliphatic heterocycles. The van der Waals surface area contributed by atoms with Crippen LogP contribution in [0.15, 0.2) is 59.5 Å². The molecule has 3 amide bonds. The van der Waals surface area contributed by atoms with Crippen molar-refractivity contribution in [1.29, 1.82) is 0 Å². The number of nitrogens with one attached hydrogen (secondary N) is 2. The molecule has 0 aliphatic carbocycles.